The molecule has 1 atom stereocenters. The number of rotatable bonds is 4. The molecule has 1 amide bonds. The molecule has 8 heteroatoms. The average molecular weight is 425 g/mol. The Labute approximate surface area is 177 Å². The zero-order valence-electron chi connectivity index (χ0n) is 16.1. The van der Waals surface area contributed by atoms with Crippen molar-refractivity contribution in [3.63, 3.8) is 0 Å². The molecule has 1 saturated heterocycles. The van der Waals surface area contributed by atoms with Crippen molar-refractivity contribution < 1.29 is 24.0 Å². The molecule has 0 aliphatic carbocycles. The molecule has 30 heavy (non-hydrogen) atoms. The number of Topliss-reactive ketones (excluding diaryl/α,β-unsaturated/α-hetero) is 1. The van der Waals surface area contributed by atoms with Crippen molar-refractivity contribution in [3.8, 4) is 5.75 Å². The maximum absolute atomic E-state index is 13.0. The Morgan fingerprint density at radius 1 is 1.13 bits per heavy atom. The van der Waals surface area contributed by atoms with Gasteiger partial charge >= 0.3 is 5.91 Å². The van der Waals surface area contributed by atoms with E-state index >= 15 is 0 Å². The summed E-state index contributed by atoms with van der Waals surface area (Å²) in [5.74, 6) is -0.652. The van der Waals surface area contributed by atoms with Gasteiger partial charge < -0.3 is 14.4 Å². The van der Waals surface area contributed by atoms with E-state index in [0.717, 1.165) is 0 Å². The van der Waals surface area contributed by atoms with Crippen LogP contribution in [-0.4, -0.2) is 29.1 Å². The Morgan fingerprint density at radius 2 is 1.80 bits per heavy atom. The van der Waals surface area contributed by atoms with Crippen molar-refractivity contribution >= 4 is 34.9 Å². The number of aliphatic hydroxyl groups is 1. The van der Waals surface area contributed by atoms with Crippen molar-refractivity contribution in [1.29, 1.82) is 0 Å². The van der Waals surface area contributed by atoms with Crippen LogP contribution < -0.4 is 9.64 Å². The van der Waals surface area contributed by atoms with Crippen LogP contribution in [0, 0.1) is 6.92 Å². The highest BCUT2D eigenvalue weighted by atomic mass is 35.5. The number of hydrogen-bond donors (Lipinski definition) is 1. The summed E-state index contributed by atoms with van der Waals surface area (Å²) in [6.07, 6.45) is 0. The molecular formula is C22H17ClN2O5. The minimum absolute atomic E-state index is 0.0480. The minimum atomic E-state index is -0.895. The van der Waals surface area contributed by atoms with E-state index in [0.29, 0.717) is 27.7 Å². The second kappa shape index (κ2) is 7.68. The van der Waals surface area contributed by atoms with E-state index in [4.69, 9.17) is 20.9 Å². The maximum atomic E-state index is 13.0. The lowest BCUT2D eigenvalue weighted by Gasteiger charge is -2.22. The number of carbonyl (C=O) groups is 2. The third kappa shape index (κ3) is 3.33. The monoisotopic (exact) mass is 424 g/mol. The summed E-state index contributed by atoms with van der Waals surface area (Å²) < 4.78 is 10.2. The van der Waals surface area contributed by atoms with Gasteiger partial charge in [0.15, 0.2) is 5.82 Å². The Hall–Kier alpha value is -3.58. The summed E-state index contributed by atoms with van der Waals surface area (Å²) >= 11 is 6.01. The summed E-state index contributed by atoms with van der Waals surface area (Å²) in [6, 6.07) is 13.9. The Bertz CT molecular complexity index is 1150. The average Bonchev–Trinajstić information content (AvgIpc) is 3.29. The molecule has 2 heterocycles. The summed E-state index contributed by atoms with van der Waals surface area (Å²) in [5.41, 5.74) is 0.923. The maximum Gasteiger partial charge on any atom is 0.301 e. The predicted octanol–water partition coefficient (Wildman–Crippen LogP) is 4.27. The molecule has 0 spiro atoms. The molecule has 1 aliphatic heterocycles. The number of aryl methyl sites for hydroxylation is 1. The van der Waals surface area contributed by atoms with E-state index in [1.165, 1.54) is 12.0 Å². The zero-order valence-corrected chi connectivity index (χ0v) is 16.9. The molecule has 1 aromatic heterocycles. The van der Waals surface area contributed by atoms with Gasteiger partial charge in [0.25, 0.3) is 5.78 Å². The first-order valence-corrected chi connectivity index (χ1v) is 9.42. The van der Waals surface area contributed by atoms with E-state index in [1.807, 2.05) is 0 Å². The van der Waals surface area contributed by atoms with Crippen molar-refractivity contribution in [2.75, 3.05) is 12.0 Å². The van der Waals surface area contributed by atoms with Crippen LogP contribution in [0.15, 0.2) is 64.7 Å². The third-order valence-corrected chi connectivity index (χ3v) is 5.11. The molecule has 1 fully saturated rings. The van der Waals surface area contributed by atoms with Crippen molar-refractivity contribution in [2.24, 2.45) is 0 Å². The minimum Gasteiger partial charge on any atom is -0.507 e. The summed E-state index contributed by atoms with van der Waals surface area (Å²) in [7, 11) is 1.53. The lowest BCUT2D eigenvalue weighted by atomic mass is 9.95. The molecule has 1 unspecified atom stereocenters. The molecule has 7 nitrogen and oxygen atoms in total. The van der Waals surface area contributed by atoms with Gasteiger partial charge in [0, 0.05) is 16.7 Å². The van der Waals surface area contributed by atoms with Crippen molar-refractivity contribution in [1.82, 2.24) is 5.16 Å². The predicted molar refractivity (Wildman–Crippen MR) is 110 cm³/mol. The molecule has 0 bridgehead atoms. The van der Waals surface area contributed by atoms with Crippen LogP contribution >= 0.6 is 11.6 Å². The van der Waals surface area contributed by atoms with Crippen LogP contribution in [0.1, 0.15) is 22.9 Å². The summed E-state index contributed by atoms with van der Waals surface area (Å²) in [4.78, 5) is 27.1. The largest absolute Gasteiger partial charge is 0.507 e. The van der Waals surface area contributed by atoms with Gasteiger partial charge in [-0.2, -0.15) is 0 Å². The number of nitrogens with zero attached hydrogens (tertiary/aromatic N) is 2. The molecule has 4 rings (SSSR count). The number of hydrogen-bond acceptors (Lipinski definition) is 6. The summed E-state index contributed by atoms with van der Waals surface area (Å²) in [5, 5.41) is 15.4. The number of benzene rings is 2. The van der Waals surface area contributed by atoms with Crippen LogP contribution in [0.4, 0.5) is 5.82 Å². The number of anilines is 1. The lowest BCUT2D eigenvalue weighted by molar-refractivity contribution is -0.132. The van der Waals surface area contributed by atoms with E-state index in [-0.39, 0.29) is 17.2 Å². The van der Waals surface area contributed by atoms with Gasteiger partial charge in [0.05, 0.1) is 18.7 Å². The van der Waals surface area contributed by atoms with Gasteiger partial charge in [-0.3, -0.25) is 14.5 Å². The number of aliphatic hydroxyl groups excluding tert-OH is 1. The fourth-order valence-corrected chi connectivity index (χ4v) is 3.53. The van der Waals surface area contributed by atoms with E-state index in [2.05, 4.69) is 5.16 Å². The van der Waals surface area contributed by atoms with Crippen molar-refractivity contribution in [3.05, 3.63) is 82.1 Å². The third-order valence-electron chi connectivity index (χ3n) is 4.86. The Morgan fingerprint density at radius 3 is 2.37 bits per heavy atom. The fraction of sp³-hybridized carbons (Fsp3) is 0.136. The molecule has 0 saturated carbocycles. The first-order valence-electron chi connectivity index (χ1n) is 9.05. The fourth-order valence-electron chi connectivity index (χ4n) is 3.40. The molecule has 0 radical (unpaired) electrons. The molecular weight excluding hydrogens is 408 g/mol. The van der Waals surface area contributed by atoms with Crippen LogP contribution in [0.5, 0.6) is 5.75 Å². The van der Waals surface area contributed by atoms with Gasteiger partial charge in [-0.05, 0) is 48.9 Å². The van der Waals surface area contributed by atoms with Crippen molar-refractivity contribution in [2.45, 2.75) is 13.0 Å². The second-order valence-corrected chi connectivity index (χ2v) is 7.18. The Balaban J connectivity index is 1.91. The highest BCUT2D eigenvalue weighted by Crippen LogP contribution is 2.42. The number of ether oxygens (including phenoxy) is 1. The normalized spacial score (nSPS) is 18.1. The van der Waals surface area contributed by atoms with Crippen LogP contribution in [0.2, 0.25) is 5.02 Å². The van der Waals surface area contributed by atoms with Gasteiger partial charge in [-0.15, -0.1) is 0 Å². The molecule has 1 N–H and O–H groups in total. The highest BCUT2D eigenvalue weighted by Gasteiger charge is 2.48. The van der Waals surface area contributed by atoms with Gasteiger partial charge in [0.2, 0.25) is 0 Å². The number of methoxy groups -OCH3 is 1. The smallest absolute Gasteiger partial charge is 0.301 e. The Kier molecular flexibility index (Phi) is 5.05. The first kappa shape index (κ1) is 19.7. The lowest BCUT2D eigenvalue weighted by Crippen LogP contribution is -2.29. The highest BCUT2D eigenvalue weighted by molar-refractivity contribution is 6.51. The van der Waals surface area contributed by atoms with E-state index in [1.54, 1.807) is 61.5 Å². The number of halogens is 1. The first-order chi connectivity index (χ1) is 14.4. The summed E-state index contributed by atoms with van der Waals surface area (Å²) in [6.45, 7) is 1.68. The number of aromatic nitrogens is 1. The molecule has 152 valence electrons. The molecule has 3 aromatic rings. The van der Waals surface area contributed by atoms with Crippen LogP contribution in [0.3, 0.4) is 0 Å². The second-order valence-electron chi connectivity index (χ2n) is 6.74. The van der Waals surface area contributed by atoms with Gasteiger partial charge in [-0.25, -0.2) is 0 Å². The zero-order chi connectivity index (χ0) is 21.4. The van der Waals surface area contributed by atoms with Gasteiger partial charge in [0.1, 0.15) is 17.3 Å². The standard InChI is InChI=1S/C22H17ClN2O5/c1-12-11-17(24-30-12)25-19(13-3-7-15(23)8-4-13)18(21(27)22(25)28)20(26)14-5-9-16(29-2)10-6-14/h3-11,19,26H,1-2H3. The number of amides is 1. The SMILES string of the molecule is COc1ccc(C(O)=C2C(=O)C(=O)N(c3cc(C)on3)C2c2ccc(Cl)cc2)cc1. The number of carbonyl (C=O) groups excluding carboxylic acids is 2. The van der Waals surface area contributed by atoms with Gasteiger partial charge in [-0.1, -0.05) is 28.9 Å². The molecule has 2 aromatic carbocycles. The van der Waals surface area contributed by atoms with Crippen LogP contribution in [0.25, 0.3) is 5.76 Å². The molecule has 1 aliphatic rings. The topological polar surface area (TPSA) is 92.9 Å². The van der Waals surface area contributed by atoms with Crippen LogP contribution in [-0.2, 0) is 9.59 Å². The van der Waals surface area contributed by atoms with E-state index in [9.17, 15) is 14.7 Å². The number of ketones is 1. The quantitative estimate of drug-likeness (QED) is 0.382. The van der Waals surface area contributed by atoms with E-state index < -0.39 is 17.7 Å².